The molecule has 2 atom stereocenters. The highest BCUT2D eigenvalue weighted by atomic mass is 16.5. The predicted molar refractivity (Wildman–Crippen MR) is 140 cm³/mol. The quantitative estimate of drug-likeness (QED) is 0.444. The molecule has 1 aliphatic heterocycles. The average Bonchev–Trinajstić information content (AvgIpc) is 2.90. The van der Waals surface area contributed by atoms with Gasteiger partial charge in [-0.25, -0.2) is 0 Å². The first kappa shape index (κ1) is 27.7. The van der Waals surface area contributed by atoms with E-state index in [1.165, 1.54) is 5.56 Å². The van der Waals surface area contributed by atoms with Gasteiger partial charge in [0.25, 0.3) is 5.91 Å². The van der Waals surface area contributed by atoms with E-state index in [9.17, 15) is 19.2 Å². The van der Waals surface area contributed by atoms with Crippen LogP contribution in [0.15, 0.2) is 54.6 Å². The number of para-hydroxylation sites is 1. The molecule has 1 aliphatic rings. The van der Waals surface area contributed by atoms with Gasteiger partial charge in [0.15, 0.2) is 0 Å². The van der Waals surface area contributed by atoms with E-state index >= 15 is 0 Å². The molecule has 37 heavy (non-hydrogen) atoms. The summed E-state index contributed by atoms with van der Waals surface area (Å²) >= 11 is 0. The molecule has 3 rings (SSSR count). The zero-order valence-corrected chi connectivity index (χ0v) is 21.4. The van der Waals surface area contributed by atoms with E-state index in [2.05, 4.69) is 21.3 Å². The van der Waals surface area contributed by atoms with Crippen molar-refractivity contribution in [2.24, 2.45) is 5.92 Å². The van der Waals surface area contributed by atoms with E-state index in [1.807, 2.05) is 44.2 Å². The van der Waals surface area contributed by atoms with E-state index in [4.69, 9.17) is 4.74 Å². The minimum atomic E-state index is -0.931. The summed E-state index contributed by atoms with van der Waals surface area (Å²) in [6, 6.07) is 15.0. The number of nitrogens with one attached hydrogen (secondary N) is 4. The van der Waals surface area contributed by atoms with E-state index in [0.717, 1.165) is 12.8 Å². The molecule has 0 bridgehead atoms. The third kappa shape index (κ3) is 8.63. The maximum atomic E-state index is 13.1. The first-order valence-corrected chi connectivity index (χ1v) is 12.8. The monoisotopic (exact) mass is 508 g/mol. The molecule has 0 fully saturated rings. The maximum absolute atomic E-state index is 13.1. The molecule has 198 valence electrons. The molecule has 0 saturated carbocycles. The minimum Gasteiger partial charge on any atom is -0.491 e. The molecule has 0 saturated heterocycles. The SMILES string of the molecule is CC(C)[C@H]1NC(=O)CC[C@@H](C(=O)NCCCc2ccccc2)NC(=O)c2ccccc2OCCNC1=O. The summed E-state index contributed by atoms with van der Waals surface area (Å²) in [7, 11) is 0. The number of aryl methyl sites for hydroxylation is 1. The summed E-state index contributed by atoms with van der Waals surface area (Å²) in [5.74, 6) is -1.30. The number of fused-ring (bicyclic) bond motifs is 1. The van der Waals surface area contributed by atoms with Gasteiger partial charge in [-0.1, -0.05) is 56.3 Å². The summed E-state index contributed by atoms with van der Waals surface area (Å²) < 4.78 is 5.75. The number of amides is 4. The lowest BCUT2D eigenvalue weighted by Gasteiger charge is -2.22. The van der Waals surface area contributed by atoms with Gasteiger partial charge in [-0.15, -0.1) is 0 Å². The number of hydrogen-bond donors (Lipinski definition) is 4. The predicted octanol–water partition coefficient (Wildman–Crippen LogP) is 1.96. The zero-order chi connectivity index (χ0) is 26.6. The van der Waals surface area contributed by atoms with Crippen LogP contribution in [-0.2, 0) is 20.8 Å². The van der Waals surface area contributed by atoms with Crippen LogP contribution >= 0.6 is 0 Å². The molecule has 0 radical (unpaired) electrons. The van der Waals surface area contributed by atoms with Crippen LogP contribution < -0.4 is 26.0 Å². The first-order valence-electron chi connectivity index (χ1n) is 12.8. The molecule has 9 heteroatoms. The van der Waals surface area contributed by atoms with Crippen LogP contribution in [0.4, 0.5) is 0 Å². The Labute approximate surface area is 217 Å². The van der Waals surface area contributed by atoms with E-state index < -0.39 is 18.0 Å². The van der Waals surface area contributed by atoms with Crippen molar-refractivity contribution in [3.8, 4) is 5.75 Å². The number of benzene rings is 2. The third-order valence-electron chi connectivity index (χ3n) is 6.12. The Morgan fingerprint density at radius 2 is 1.76 bits per heavy atom. The highest BCUT2D eigenvalue weighted by Crippen LogP contribution is 2.18. The van der Waals surface area contributed by atoms with Crippen LogP contribution in [0.5, 0.6) is 5.75 Å². The normalized spacial score (nSPS) is 19.3. The molecule has 2 aromatic carbocycles. The lowest BCUT2D eigenvalue weighted by Crippen LogP contribution is -2.51. The second kappa shape index (κ2) is 14.0. The van der Waals surface area contributed by atoms with Crippen molar-refractivity contribution in [2.45, 2.75) is 51.6 Å². The Morgan fingerprint density at radius 1 is 1.03 bits per heavy atom. The fraction of sp³-hybridized carbons (Fsp3) is 0.429. The van der Waals surface area contributed by atoms with Gasteiger partial charge in [0, 0.05) is 13.0 Å². The second-order valence-electron chi connectivity index (χ2n) is 9.37. The number of carbonyl (C=O) groups is 4. The first-order chi connectivity index (χ1) is 17.8. The van der Waals surface area contributed by atoms with Crippen LogP contribution in [0, 0.1) is 5.92 Å². The van der Waals surface area contributed by atoms with Crippen molar-refractivity contribution in [1.29, 1.82) is 0 Å². The van der Waals surface area contributed by atoms with Gasteiger partial charge in [0.1, 0.15) is 24.4 Å². The topological polar surface area (TPSA) is 126 Å². The van der Waals surface area contributed by atoms with Crippen LogP contribution in [-0.4, -0.2) is 55.4 Å². The number of hydrogen-bond acceptors (Lipinski definition) is 5. The molecule has 0 unspecified atom stereocenters. The standard InChI is InChI=1S/C28H36N4O5/c1-19(2)25-28(36)30-17-18-37-23-13-7-6-12-21(23)26(34)31-22(14-15-24(33)32-25)27(35)29-16-8-11-20-9-4-3-5-10-20/h3-7,9-10,12-13,19,22,25H,8,11,14-18H2,1-2H3,(H,29,35)(H,30,36)(H,31,34)(H,32,33)/t22-,25+/m0/s1. The molecule has 0 aliphatic carbocycles. The lowest BCUT2D eigenvalue weighted by atomic mass is 10.0. The highest BCUT2D eigenvalue weighted by molar-refractivity contribution is 5.99. The van der Waals surface area contributed by atoms with Gasteiger partial charge in [0.05, 0.1) is 12.1 Å². The Bertz CT molecular complexity index is 1070. The van der Waals surface area contributed by atoms with Crippen LogP contribution in [0.1, 0.15) is 49.0 Å². The largest absolute Gasteiger partial charge is 0.491 e. The third-order valence-corrected chi connectivity index (χ3v) is 6.12. The zero-order valence-electron chi connectivity index (χ0n) is 21.4. The molecule has 4 amide bonds. The molecule has 9 nitrogen and oxygen atoms in total. The fourth-order valence-corrected chi connectivity index (χ4v) is 4.06. The Morgan fingerprint density at radius 3 is 2.51 bits per heavy atom. The maximum Gasteiger partial charge on any atom is 0.255 e. The van der Waals surface area contributed by atoms with E-state index in [-0.39, 0.29) is 55.2 Å². The Hall–Kier alpha value is -3.88. The van der Waals surface area contributed by atoms with Crippen LogP contribution in [0.25, 0.3) is 0 Å². The van der Waals surface area contributed by atoms with E-state index in [0.29, 0.717) is 12.3 Å². The fourth-order valence-electron chi connectivity index (χ4n) is 4.06. The second-order valence-corrected chi connectivity index (χ2v) is 9.37. The van der Waals surface area contributed by atoms with Gasteiger partial charge in [-0.05, 0) is 42.9 Å². The van der Waals surface area contributed by atoms with Gasteiger partial charge in [0.2, 0.25) is 17.7 Å². The Kier molecular flexibility index (Phi) is 10.5. The van der Waals surface area contributed by atoms with Gasteiger partial charge in [-0.3, -0.25) is 19.2 Å². The lowest BCUT2D eigenvalue weighted by molar-refractivity contribution is -0.130. The number of carbonyl (C=O) groups excluding carboxylic acids is 4. The van der Waals surface area contributed by atoms with Gasteiger partial charge >= 0.3 is 0 Å². The molecule has 0 spiro atoms. The smallest absolute Gasteiger partial charge is 0.255 e. The Balaban J connectivity index is 1.72. The molecule has 2 aromatic rings. The van der Waals surface area contributed by atoms with Crippen molar-refractivity contribution in [3.05, 3.63) is 65.7 Å². The van der Waals surface area contributed by atoms with Crippen molar-refractivity contribution in [1.82, 2.24) is 21.3 Å². The van der Waals surface area contributed by atoms with E-state index in [1.54, 1.807) is 24.3 Å². The summed E-state index contributed by atoms with van der Waals surface area (Å²) in [4.78, 5) is 51.5. The van der Waals surface area contributed by atoms with Gasteiger partial charge in [-0.2, -0.15) is 0 Å². The van der Waals surface area contributed by atoms with Crippen LogP contribution in [0.2, 0.25) is 0 Å². The average molecular weight is 509 g/mol. The van der Waals surface area contributed by atoms with Crippen molar-refractivity contribution < 1.29 is 23.9 Å². The van der Waals surface area contributed by atoms with Crippen molar-refractivity contribution in [2.75, 3.05) is 19.7 Å². The molecule has 4 N–H and O–H groups in total. The summed E-state index contributed by atoms with van der Waals surface area (Å²) in [6.45, 7) is 4.47. The highest BCUT2D eigenvalue weighted by Gasteiger charge is 2.27. The molecule has 1 heterocycles. The minimum absolute atomic E-state index is 0.0307. The molecular weight excluding hydrogens is 472 g/mol. The molecular formula is C28H36N4O5. The van der Waals surface area contributed by atoms with Crippen molar-refractivity contribution >= 4 is 23.6 Å². The number of ether oxygens (including phenoxy) is 1. The number of rotatable bonds is 6. The van der Waals surface area contributed by atoms with Crippen LogP contribution in [0.3, 0.4) is 0 Å². The summed E-state index contributed by atoms with van der Waals surface area (Å²) in [6.07, 6.45) is 1.59. The van der Waals surface area contributed by atoms with Crippen molar-refractivity contribution in [3.63, 3.8) is 0 Å². The van der Waals surface area contributed by atoms with Gasteiger partial charge < -0.3 is 26.0 Å². The molecule has 0 aromatic heterocycles. The summed E-state index contributed by atoms with van der Waals surface area (Å²) in [5, 5.41) is 11.2. The summed E-state index contributed by atoms with van der Waals surface area (Å²) in [5.41, 5.74) is 1.45.